The van der Waals surface area contributed by atoms with Crippen LogP contribution in [0.2, 0.25) is 0 Å². The van der Waals surface area contributed by atoms with E-state index in [-0.39, 0.29) is 11.8 Å². The molecular weight excluding hydrogens is 372 g/mol. The molecule has 0 aliphatic carbocycles. The minimum Gasteiger partial charge on any atom is -0.459 e. The van der Waals surface area contributed by atoms with E-state index in [9.17, 15) is 39.9 Å². The Hall–Kier alpha value is -0.610. The van der Waals surface area contributed by atoms with Crippen molar-refractivity contribution in [1.29, 1.82) is 0 Å². The van der Waals surface area contributed by atoms with Gasteiger partial charge in [0, 0.05) is 11.8 Å². The molecule has 0 unspecified atom stereocenters. The van der Waals surface area contributed by atoms with Crippen molar-refractivity contribution < 1.29 is 44.7 Å². The fourth-order valence-electron chi connectivity index (χ4n) is 0.926. The van der Waals surface area contributed by atoms with Crippen LogP contribution in [0.1, 0.15) is 12.8 Å². The predicted molar refractivity (Wildman–Crippen MR) is 54.8 cm³/mol. The van der Waals surface area contributed by atoms with Crippen LogP contribution in [0, 0.1) is 0 Å². The first-order valence-corrected chi connectivity index (χ1v) is 6.15. The van der Waals surface area contributed by atoms with Gasteiger partial charge >= 0.3 is 30.2 Å². The molecule has 0 saturated heterocycles. The summed E-state index contributed by atoms with van der Waals surface area (Å²) in [5.41, 5.74) is 0. The van der Waals surface area contributed by atoms with E-state index in [0.717, 1.165) is 0 Å². The molecule has 11 heteroatoms. The first-order chi connectivity index (χ1) is 8.90. The number of halogens is 9. The fourth-order valence-corrected chi connectivity index (χ4v) is 1.21. The van der Waals surface area contributed by atoms with Crippen LogP contribution in [0.15, 0.2) is 0 Å². The van der Waals surface area contributed by atoms with E-state index < -0.39 is 43.2 Å². The molecule has 0 aromatic rings. The maximum Gasteiger partial charge on any atom is 0.381 e. The third-order valence-corrected chi connectivity index (χ3v) is 2.64. The van der Waals surface area contributed by atoms with E-state index >= 15 is 0 Å². The van der Waals surface area contributed by atoms with Crippen molar-refractivity contribution in [3.8, 4) is 0 Å². The van der Waals surface area contributed by atoms with Crippen LogP contribution in [0.4, 0.5) is 35.1 Å². The molecule has 0 fully saturated rings. The number of carbonyl (C=O) groups is 1. The molecule has 2 nitrogen and oxygen atoms in total. The Kier molecular flexibility index (Phi) is 6.69. The second-order valence-corrected chi connectivity index (χ2v) is 4.45. The Morgan fingerprint density at radius 1 is 1.10 bits per heavy atom. The smallest absolute Gasteiger partial charge is 0.381 e. The SMILES string of the molecule is O=C(CCCBr)OCC(F)(F)C(F)(F)C(F)(F)C(F)F. The van der Waals surface area contributed by atoms with Crippen molar-refractivity contribution in [3.63, 3.8) is 0 Å². The third kappa shape index (κ3) is 4.19. The molecule has 0 aliphatic heterocycles. The molecule has 0 atom stereocenters. The normalized spacial score (nSPS) is 13.7. The Labute approximate surface area is 116 Å². The van der Waals surface area contributed by atoms with E-state index in [0.29, 0.717) is 0 Å². The van der Waals surface area contributed by atoms with Gasteiger partial charge in [0.1, 0.15) is 0 Å². The lowest BCUT2D eigenvalue weighted by Gasteiger charge is -2.31. The molecule has 120 valence electrons. The van der Waals surface area contributed by atoms with Crippen molar-refractivity contribution in [1.82, 2.24) is 0 Å². The molecule has 0 aromatic carbocycles. The summed E-state index contributed by atoms with van der Waals surface area (Å²) in [6.45, 7) is -2.41. The Morgan fingerprint density at radius 2 is 1.60 bits per heavy atom. The fraction of sp³-hybridized carbons (Fsp3) is 0.889. The molecular formula is C9H9BrF8O2. The lowest BCUT2D eigenvalue weighted by molar-refractivity contribution is -0.344. The number of alkyl halides is 9. The van der Waals surface area contributed by atoms with E-state index in [1.54, 1.807) is 0 Å². The first kappa shape index (κ1) is 19.4. The summed E-state index contributed by atoms with van der Waals surface area (Å²) in [5, 5.41) is 0.290. The molecule has 0 rings (SSSR count). The molecule has 0 heterocycles. The third-order valence-electron chi connectivity index (χ3n) is 2.08. The Balaban J connectivity index is 4.82. The molecule has 0 aromatic heterocycles. The van der Waals surface area contributed by atoms with Gasteiger partial charge in [0.05, 0.1) is 0 Å². The second kappa shape index (κ2) is 6.90. The van der Waals surface area contributed by atoms with Gasteiger partial charge in [0.2, 0.25) is 0 Å². The number of hydrogen-bond donors (Lipinski definition) is 0. The largest absolute Gasteiger partial charge is 0.459 e. The predicted octanol–water partition coefficient (Wildman–Crippen LogP) is 3.88. The topological polar surface area (TPSA) is 26.3 Å². The Morgan fingerprint density at radius 3 is 2.00 bits per heavy atom. The first-order valence-electron chi connectivity index (χ1n) is 5.03. The maximum absolute atomic E-state index is 12.9. The maximum atomic E-state index is 12.9. The lowest BCUT2D eigenvalue weighted by atomic mass is 10.1. The minimum atomic E-state index is -6.36. The van der Waals surface area contributed by atoms with Gasteiger partial charge in [-0.25, -0.2) is 8.78 Å². The molecule has 0 N–H and O–H groups in total. The zero-order valence-corrected chi connectivity index (χ0v) is 11.2. The van der Waals surface area contributed by atoms with Gasteiger partial charge in [0.25, 0.3) is 0 Å². The average Bonchev–Trinajstić information content (AvgIpc) is 2.33. The molecule has 0 radical (unpaired) electrons. The van der Waals surface area contributed by atoms with Crippen LogP contribution in [-0.2, 0) is 9.53 Å². The minimum absolute atomic E-state index is 0.133. The highest BCUT2D eigenvalue weighted by molar-refractivity contribution is 9.09. The lowest BCUT2D eigenvalue weighted by Crippen LogP contribution is -2.59. The van der Waals surface area contributed by atoms with Crippen molar-refractivity contribution >= 4 is 21.9 Å². The standard InChI is InChI=1S/C9H9BrF8O2/c10-3-1-2-5(19)20-4-7(13,14)9(17,18)8(15,16)6(11)12/h6H,1-4H2. The van der Waals surface area contributed by atoms with Crippen molar-refractivity contribution in [3.05, 3.63) is 0 Å². The highest BCUT2D eigenvalue weighted by Crippen LogP contribution is 2.48. The zero-order chi connectivity index (χ0) is 16.2. The van der Waals surface area contributed by atoms with Gasteiger partial charge in [-0.05, 0) is 6.42 Å². The number of carbonyl (C=O) groups excluding carboxylic acids is 1. The summed E-state index contributed by atoms with van der Waals surface area (Å²) < 4.78 is 103. The molecule has 0 aliphatic rings. The summed E-state index contributed by atoms with van der Waals surface area (Å²) in [7, 11) is 0. The highest BCUT2D eigenvalue weighted by atomic mass is 79.9. The quantitative estimate of drug-likeness (QED) is 0.363. The summed E-state index contributed by atoms with van der Waals surface area (Å²) in [6, 6.07) is 0. The van der Waals surface area contributed by atoms with E-state index in [4.69, 9.17) is 0 Å². The summed E-state index contributed by atoms with van der Waals surface area (Å²) >= 11 is 2.88. The number of hydrogen-bond acceptors (Lipinski definition) is 2. The second-order valence-electron chi connectivity index (χ2n) is 3.66. The number of rotatable bonds is 8. The van der Waals surface area contributed by atoms with Gasteiger partial charge < -0.3 is 4.74 Å². The van der Waals surface area contributed by atoms with Crippen LogP contribution in [-0.4, -0.2) is 42.1 Å². The van der Waals surface area contributed by atoms with Gasteiger partial charge in [0.15, 0.2) is 6.61 Å². The average molecular weight is 381 g/mol. The summed E-state index contributed by atoms with van der Waals surface area (Å²) in [4.78, 5) is 10.8. The van der Waals surface area contributed by atoms with Crippen molar-refractivity contribution in [2.45, 2.75) is 37.0 Å². The van der Waals surface area contributed by atoms with Gasteiger partial charge in [-0.2, -0.15) is 26.3 Å². The number of esters is 1. The Bertz CT molecular complexity index is 334. The zero-order valence-electron chi connectivity index (χ0n) is 9.62. The van der Waals surface area contributed by atoms with Crippen LogP contribution < -0.4 is 0 Å². The summed E-state index contributed by atoms with van der Waals surface area (Å²) in [6.07, 6.45) is -5.28. The number of ether oxygens (including phenoxy) is 1. The van der Waals surface area contributed by atoms with Gasteiger partial charge in [-0.3, -0.25) is 4.79 Å². The molecule has 0 bridgehead atoms. The molecule has 0 saturated carbocycles. The molecule has 0 amide bonds. The van der Waals surface area contributed by atoms with Crippen LogP contribution in [0.25, 0.3) is 0 Å². The van der Waals surface area contributed by atoms with E-state index in [2.05, 4.69) is 20.7 Å². The van der Waals surface area contributed by atoms with Crippen LogP contribution in [0.5, 0.6) is 0 Å². The van der Waals surface area contributed by atoms with Crippen molar-refractivity contribution in [2.24, 2.45) is 0 Å². The highest BCUT2D eigenvalue weighted by Gasteiger charge is 2.75. The van der Waals surface area contributed by atoms with Gasteiger partial charge in [-0.15, -0.1) is 0 Å². The molecule has 20 heavy (non-hydrogen) atoms. The van der Waals surface area contributed by atoms with Crippen molar-refractivity contribution in [2.75, 3.05) is 11.9 Å². The monoisotopic (exact) mass is 380 g/mol. The molecule has 0 spiro atoms. The van der Waals surface area contributed by atoms with E-state index in [1.807, 2.05) is 0 Å². The van der Waals surface area contributed by atoms with E-state index in [1.165, 1.54) is 0 Å². The van der Waals surface area contributed by atoms with Crippen LogP contribution >= 0.6 is 15.9 Å². The van der Waals surface area contributed by atoms with Gasteiger partial charge in [-0.1, -0.05) is 15.9 Å². The summed E-state index contributed by atoms with van der Waals surface area (Å²) in [5.74, 6) is -19.6. The van der Waals surface area contributed by atoms with Crippen LogP contribution in [0.3, 0.4) is 0 Å².